The van der Waals surface area contributed by atoms with E-state index in [4.69, 9.17) is 21.4 Å². The van der Waals surface area contributed by atoms with Gasteiger partial charge in [0.15, 0.2) is 0 Å². The standard InChI is InChI=1S/C6H5ClNO5P/c7-5-2-1-4(8(9)10)3-6(5)14(11,12)13/h1-3H,(H2,11,12,13). The second kappa shape index (κ2) is 3.67. The smallest absolute Gasteiger partial charge is 0.321 e. The fourth-order valence-corrected chi connectivity index (χ4v) is 1.94. The Kier molecular flexibility index (Phi) is 2.92. The number of hydrogen-bond donors (Lipinski definition) is 2. The molecular formula is C6H5ClNO5P. The third kappa shape index (κ3) is 2.30. The van der Waals surface area contributed by atoms with E-state index in [-0.39, 0.29) is 5.02 Å². The molecule has 0 bridgehead atoms. The predicted octanol–water partition coefficient (Wildman–Crippen LogP) is 1.05. The van der Waals surface area contributed by atoms with Crippen LogP contribution in [0.4, 0.5) is 5.69 Å². The molecule has 0 aliphatic carbocycles. The van der Waals surface area contributed by atoms with E-state index >= 15 is 0 Å². The first-order chi connectivity index (χ1) is 6.32. The van der Waals surface area contributed by atoms with Crippen molar-refractivity contribution in [3.63, 3.8) is 0 Å². The zero-order chi connectivity index (χ0) is 10.9. The van der Waals surface area contributed by atoms with E-state index < -0.39 is 23.5 Å². The van der Waals surface area contributed by atoms with Crippen molar-refractivity contribution >= 4 is 30.2 Å². The van der Waals surface area contributed by atoms with E-state index in [0.717, 1.165) is 18.2 Å². The third-order valence-corrected chi connectivity index (χ3v) is 2.91. The van der Waals surface area contributed by atoms with E-state index in [1.165, 1.54) is 0 Å². The lowest BCUT2D eigenvalue weighted by Gasteiger charge is -2.05. The molecule has 0 fully saturated rings. The van der Waals surface area contributed by atoms with Crippen molar-refractivity contribution in [3.8, 4) is 0 Å². The molecule has 14 heavy (non-hydrogen) atoms. The summed E-state index contributed by atoms with van der Waals surface area (Å²) in [5, 5.41) is 9.58. The summed E-state index contributed by atoms with van der Waals surface area (Å²) in [7, 11) is -4.56. The summed E-state index contributed by atoms with van der Waals surface area (Å²) in [6.45, 7) is 0. The highest BCUT2D eigenvalue weighted by atomic mass is 35.5. The number of nitro groups is 1. The van der Waals surface area contributed by atoms with Gasteiger partial charge in [0, 0.05) is 12.1 Å². The lowest BCUT2D eigenvalue weighted by Crippen LogP contribution is -2.06. The van der Waals surface area contributed by atoms with Crippen molar-refractivity contribution in [1.82, 2.24) is 0 Å². The van der Waals surface area contributed by atoms with Crippen molar-refractivity contribution < 1.29 is 19.3 Å². The molecule has 1 aromatic carbocycles. The maximum absolute atomic E-state index is 10.8. The second-order valence-electron chi connectivity index (χ2n) is 2.44. The zero-order valence-corrected chi connectivity index (χ0v) is 8.27. The molecule has 1 aromatic rings. The largest absolute Gasteiger partial charge is 0.357 e. The van der Waals surface area contributed by atoms with Crippen LogP contribution in [0.1, 0.15) is 0 Å². The molecule has 0 unspecified atom stereocenters. The van der Waals surface area contributed by atoms with Crippen LogP contribution < -0.4 is 5.30 Å². The molecule has 0 aromatic heterocycles. The Morgan fingerprint density at radius 2 is 2.00 bits per heavy atom. The molecule has 76 valence electrons. The monoisotopic (exact) mass is 237 g/mol. The summed E-state index contributed by atoms with van der Waals surface area (Å²) in [6, 6.07) is 2.92. The van der Waals surface area contributed by atoms with Gasteiger partial charge in [0.2, 0.25) is 0 Å². The Hall–Kier alpha value is -0.940. The molecule has 0 spiro atoms. The lowest BCUT2D eigenvalue weighted by molar-refractivity contribution is -0.384. The molecule has 2 N–H and O–H groups in total. The second-order valence-corrected chi connectivity index (χ2v) is 4.41. The molecule has 1 rings (SSSR count). The minimum absolute atomic E-state index is 0.191. The highest BCUT2D eigenvalue weighted by Crippen LogP contribution is 2.37. The van der Waals surface area contributed by atoms with E-state index in [0.29, 0.717) is 0 Å². The van der Waals surface area contributed by atoms with E-state index in [9.17, 15) is 14.7 Å². The number of nitrogens with zero attached hydrogens (tertiary/aromatic N) is 1. The van der Waals surface area contributed by atoms with Crippen molar-refractivity contribution in [2.75, 3.05) is 0 Å². The van der Waals surface area contributed by atoms with Crippen LogP contribution in [-0.4, -0.2) is 14.7 Å². The Balaban J connectivity index is 3.36. The van der Waals surface area contributed by atoms with Crippen molar-refractivity contribution in [3.05, 3.63) is 33.3 Å². The molecule has 0 aliphatic rings. The van der Waals surface area contributed by atoms with Crippen LogP contribution >= 0.6 is 19.2 Å². The van der Waals surface area contributed by atoms with Crippen LogP contribution in [0.2, 0.25) is 5.02 Å². The zero-order valence-electron chi connectivity index (χ0n) is 6.62. The van der Waals surface area contributed by atoms with Gasteiger partial charge in [-0.15, -0.1) is 0 Å². The summed E-state index contributed by atoms with van der Waals surface area (Å²) in [5.41, 5.74) is -0.410. The van der Waals surface area contributed by atoms with E-state index in [1.807, 2.05) is 0 Å². The molecule has 0 saturated carbocycles. The van der Waals surface area contributed by atoms with Gasteiger partial charge in [-0.1, -0.05) is 11.6 Å². The number of non-ortho nitro benzene ring substituents is 1. The van der Waals surface area contributed by atoms with Crippen molar-refractivity contribution in [2.45, 2.75) is 0 Å². The van der Waals surface area contributed by atoms with Crippen LogP contribution in [0.5, 0.6) is 0 Å². The Morgan fingerprint density at radius 1 is 1.43 bits per heavy atom. The average molecular weight is 238 g/mol. The third-order valence-electron chi connectivity index (χ3n) is 1.45. The Morgan fingerprint density at radius 3 is 2.43 bits per heavy atom. The molecule has 0 saturated heterocycles. The molecule has 0 heterocycles. The molecule has 6 nitrogen and oxygen atoms in total. The van der Waals surface area contributed by atoms with Gasteiger partial charge in [-0.25, -0.2) is 0 Å². The highest BCUT2D eigenvalue weighted by Gasteiger charge is 2.23. The van der Waals surface area contributed by atoms with Gasteiger partial charge in [0.1, 0.15) is 0 Å². The average Bonchev–Trinajstić information content (AvgIpc) is 2.02. The summed E-state index contributed by atoms with van der Waals surface area (Å²) in [6.07, 6.45) is 0. The van der Waals surface area contributed by atoms with Gasteiger partial charge in [-0.05, 0) is 6.07 Å². The summed E-state index contributed by atoms with van der Waals surface area (Å²) < 4.78 is 10.8. The summed E-state index contributed by atoms with van der Waals surface area (Å²) >= 11 is 5.47. The van der Waals surface area contributed by atoms with Gasteiger partial charge < -0.3 is 9.79 Å². The van der Waals surface area contributed by atoms with Crippen molar-refractivity contribution in [2.24, 2.45) is 0 Å². The summed E-state index contributed by atoms with van der Waals surface area (Å²) in [5.74, 6) is 0. The number of rotatable bonds is 2. The SMILES string of the molecule is O=[N+]([O-])c1ccc(Cl)c(P(=O)(O)O)c1. The summed E-state index contributed by atoms with van der Waals surface area (Å²) in [4.78, 5) is 27.1. The number of hydrogen-bond acceptors (Lipinski definition) is 3. The number of nitro benzene ring substituents is 1. The lowest BCUT2D eigenvalue weighted by atomic mass is 10.3. The molecule has 0 aliphatic heterocycles. The first kappa shape index (κ1) is 11.1. The Labute approximate surface area is 83.4 Å². The number of benzene rings is 1. The van der Waals surface area contributed by atoms with Crippen LogP contribution in [0.3, 0.4) is 0 Å². The topological polar surface area (TPSA) is 101 Å². The molecule has 0 amide bonds. The first-order valence-corrected chi connectivity index (χ1v) is 5.31. The fraction of sp³-hybridized carbons (Fsp3) is 0. The van der Waals surface area contributed by atoms with Crippen molar-refractivity contribution in [1.29, 1.82) is 0 Å². The normalized spacial score (nSPS) is 11.4. The molecule has 8 heteroatoms. The van der Waals surface area contributed by atoms with Crippen LogP contribution in [-0.2, 0) is 4.57 Å². The van der Waals surface area contributed by atoms with Gasteiger partial charge in [-0.3, -0.25) is 14.7 Å². The van der Waals surface area contributed by atoms with Gasteiger partial charge in [0.05, 0.1) is 15.3 Å². The fourth-order valence-electron chi connectivity index (χ4n) is 0.838. The highest BCUT2D eigenvalue weighted by molar-refractivity contribution is 7.60. The molecule has 0 atom stereocenters. The van der Waals surface area contributed by atoms with E-state index in [1.54, 1.807) is 0 Å². The maximum Gasteiger partial charge on any atom is 0.357 e. The quantitative estimate of drug-likeness (QED) is 0.455. The minimum Gasteiger partial charge on any atom is -0.321 e. The molecule has 0 radical (unpaired) electrons. The Bertz CT molecular complexity index is 428. The first-order valence-electron chi connectivity index (χ1n) is 3.32. The van der Waals surface area contributed by atoms with Crippen LogP contribution in [0, 0.1) is 10.1 Å². The predicted molar refractivity (Wildman–Crippen MR) is 49.8 cm³/mol. The van der Waals surface area contributed by atoms with Gasteiger partial charge >= 0.3 is 7.60 Å². The minimum atomic E-state index is -4.56. The molecular weight excluding hydrogens is 232 g/mol. The van der Waals surface area contributed by atoms with Gasteiger partial charge in [0.25, 0.3) is 5.69 Å². The number of halogens is 1. The van der Waals surface area contributed by atoms with E-state index in [2.05, 4.69) is 0 Å². The van der Waals surface area contributed by atoms with Gasteiger partial charge in [-0.2, -0.15) is 0 Å². The van der Waals surface area contributed by atoms with Crippen LogP contribution in [0.15, 0.2) is 18.2 Å². The van der Waals surface area contributed by atoms with Crippen LogP contribution in [0.25, 0.3) is 0 Å². The maximum atomic E-state index is 10.8.